The van der Waals surface area contributed by atoms with E-state index in [-0.39, 0.29) is 12.5 Å². The number of benzene rings is 3. The van der Waals surface area contributed by atoms with Crippen LogP contribution in [0.15, 0.2) is 66.7 Å². The molecule has 0 aliphatic heterocycles. The Labute approximate surface area is 161 Å². The summed E-state index contributed by atoms with van der Waals surface area (Å²) in [6, 6.07) is 22.7. The fraction of sp³-hybridized carbons (Fsp3) is 0.292. The monoisotopic (exact) mass is 361 g/mol. The molecule has 0 saturated heterocycles. The average Bonchev–Trinajstić information content (AvgIpc) is 2.70. The summed E-state index contributed by atoms with van der Waals surface area (Å²) in [4.78, 5) is 12.0. The molecule has 0 heterocycles. The summed E-state index contributed by atoms with van der Waals surface area (Å²) in [5.74, 6) is 1.19. The number of nitrogens with one attached hydrogen (secondary N) is 1. The molecular weight excluding hydrogens is 334 g/mol. The van der Waals surface area contributed by atoms with Crippen LogP contribution in [0.1, 0.15) is 37.3 Å². The maximum Gasteiger partial charge on any atom is 0.257 e. The number of ether oxygens (including phenoxy) is 1. The van der Waals surface area contributed by atoms with Gasteiger partial charge in [-0.2, -0.15) is 0 Å². The van der Waals surface area contributed by atoms with Crippen molar-refractivity contribution in [2.75, 3.05) is 13.2 Å². The quantitative estimate of drug-likeness (QED) is 0.568. The van der Waals surface area contributed by atoms with E-state index in [0.717, 1.165) is 23.6 Å². The molecule has 3 nitrogen and oxygen atoms in total. The number of fused-ring (bicyclic) bond motifs is 1. The summed E-state index contributed by atoms with van der Waals surface area (Å²) in [6.07, 6.45) is 1.88. The highest BCUT2D eigenvalue weighted by atomic mass is 16.5. The van der Waals surface area contributed by atoms with Gasteiger partial charge in [-0.05, 0) is 52.8 Å². The van der Waals surface area contributed by atoms with Gasteiger partial charge in [-0.3, -0.25) is 4.79 Å². The van der Waals surface area contributed by atoms with Crippen molar-refractivity contribution in [1.29, 1.82) is 0 Å². The summed E-state index contributed by atoms with van der Waals surface area (Å²) >= 11 is 0. The van der Waals surface area contributed by atoms with E-state index >= 15 is 0 Å². The molecule has 3 aromatic carbocycles. The van der Waals surface area contributed by atoms with Crippen molar-refractivity contribution in [3.05, 3.63) is 77.9 Å². The summed E-state index contributed by atoms with van der Waals surface area (Å²) < 4.78 is 5.61. The Morgan fingerprint density at radius 1 is 0.963 bits per heavy atom. The minimum atomic E-state index is -0.0849. The van der Waals surface area contributed by atoms with Crippen molar-refractivity contribution in [1.82, 2.24) is 5.32 Å². The zero-order chi connectivity index (χ0) is 19.1. The third kappa shape index (κ3) is 5.58. The molecule has 0 bridgehead atoms. The number of hydrogen-bond acceptors (Lipinski definition) is 2. The molecule has 0 atom stereocenters. The fourth-order valence-corrected chi connectivity index (χ4v) is 3.05. The summed E-state index contributed by atoms with van der Waals surface area (Å²) in [7, 11) is 0. The molecule has 1 N–H and O–H groups in total. The first-order chi connectivity index (χ1) is 13.1. The third-order valence-electron chi connectivity index (χ3n) is 4.70. The van der Waals surface area contributed by atoms with Gasteiger partial charge in [0.1, 0.15) is 5.75 Å². The molecule has 0 radical (unpaired) electrons. The van der Waals surface area contributed by atoms with Crippen molar-refractivity contribution in [3.63, 3.8) is 0 Å². The topological polar surface area (TPSA) is 38.3 Å². The first-order valence-corrected chi connectivity index (χ1v) is 9.59. The van der Waals surface area contributed by atoms with Crippen LogP contribution in [-0.4, -0.2) is 19.1 Å². The van der Waals surface area contributed by atoms with Crippen LogP contribution >= 0.6 is 0 Å². The second kappa shape index (κ2) is 9.22. The molecule has 3 rings (SSSR count). The maximum atomic E-state index is 12.0. The Bertz CT molecular complexity index is 884. The van der Waals surface area contributed by atoms with Crippen LogP contribution in [0, 0.1) is 0 Å². The predicted octanol–water partition coefficient (Wildman–Crippen LogP) is 5.09. The Morgan fingerprint density at radius 3 is 2.44 bits per heavy atom. The van der Waals surface area contributed by atoms with Gasteiger partial charge in [0.15, 0.2) is 6.61 Å². The van der Waals surface area contributed by atoms with E-state index in [1.807, 2.05) is 36.4 Å². The second-order valence-corrected chi connectivity index (χ2v) is 7.15. The van der Waals surface area contributed by atoms with Crippen molar-refractivity contribution in [2.24, 2.45) is 0 Å². The van der Waals surface area contributed by atoms with E-state index in [9.17, 15) is 4.79 Å². The molecule has 3 aromatic rings. The van der Waals surface area contributed by atoms with Gasteiger partial charge >= 0.3 is 0 Å². The van der Waals surface area contributed by atoms with Gasteiger partial charge in [0, 0.05) is 6.54 Å². The summed E-state index contributed by atoms with van der Waals surface area (Å²) in [6.45, 7) is 5.10. The lowest BCUT2D eigenvalue weighted by molar-refractivity contribution is -0.123. The van der Waals surface area contributed by atoms with E-state index < -0.39 is 0 Å². The minimum absolute atomic E-state index is 0.0431. The number of carbonyl (C=O) groups is 1. The highest BCUT2D eigenvalue weighted by Gasteiger charge is 2.04. The van der Waals surface area contributed by atoms with Gasteiger partial charge in [-0.1, -0.05) is 68.4 Å². The minimum Gasteiger partial charge on any atom is -0.484 e. The van der Waals surface area contributed by atoms with Crippen molar-refractivity contribution < 1.29 is 9.53 Å². The first kappa shape index (κ1) is 19.0. The number of carbonyl (C=O) groups excluding carboxylic acids is 1. The van der Waals surface area contributed by atoms with Crippen LogP contribution in [0.3, 0.4) is 0 Å². The SMILES string of the molecule is CC(C)c1ccc(CCCNC(=O)COc2ccc3ccccc3c2)cc1. The van der Waals surface area contributed by atoms with E-state index in [2.05, 4.69) is 49.5 Å². The third-order valence-corrected chi connectivity index (χ3v) is 4.70. The number of amides is 1. The Balaban J connectivity index is 1.37. The molecule has 0 spiro atoms. The standard InChI is InChI=1S/C24H27NO2/c1-18(2)20-11-9-19(10-12-20)6-5-15-25-24(26)17-27-23-14-13-21-7-3-4-8-22(21)16-23/h3-4,7-14,16,18H,5-6,15,17H2,1-2H3,(H,25,26). The Kier molecular flexibility index (Phi) is 6.48. The zero-order valence-corrected chi connectivity index (χ0v) is 16.1. The normalized spacial score (nSPS) is 10.9. The maximum absolute atomic E-state index is 12.0. The molecule has 0 aliphatic rings. The van der Waals surface area contributed by atoms with E-state index in [1.54, 1.807) is 0 Å². The van der Waals surface area contributed by atoms with Gasteiger partial charge in [0.05, 0.1) is 0 Å². The average molecular weight is 361 g/mol. The molecule has 3 heteroatoms. The molecule has 0 unspecified atom stereocenters. The number of hydrogen-bond donors (Lipinski definition) is 1. The first-order valence-electron chi connectivity index (χ1n) is 9.59. The molecule has 27 heavy (non-hydrogen) atoms. The summed E-state index contributed by atoms with van der Waals surface area (Å²) in [5, 5.41) is 5.20. The molecule has 0 fully saturated rings. The smallest absolute Gasteiger partial charge is 0.257 e. The van der Waals surface area contributed by atoms with Crippen LogP contribution in [0.25, 0.3) is 10.8 Å². The highest BCUT2D eigenvalue weighted by Crippen LogP contribution is 2.20. The molecule has 0 aromatic heterocycles. The zero-order valence-electron chi connectivity index (χ0n) is 16.1. The van der Waals surface area contributed by atoms with Gasteiger partial charge in [-0.25, -0.2) is 0 Å². The lowest BCUT2D eigenvalue weighted by atomic mass is 10.0. The lowest BCUT2D eigenvalue weighted by Crippen LogP contribution is -2.29. The highest BCUT2D eigenvalue weighted by molar-refractivity contribution is 5.84. The molecule has 1 amide bonds. The predicted molar refractivity (Wildman–Crippen MR) is 111 cm³/mol. The van der Waals surface area contributed by atoms with Crippen molar-refractivity contribution >= 4 is 16.7 Å². The number of aryl methyl sites for hydroxylation is 1. The van der Waals surface area contributed by atoms with Crippen molar-refractivity contribution in [2.45, 2.75) is 32.6 Å². The van der Waals surface area contributed by atoms with E-state index in [1.165, 1.54) is 11.1 Å². The fourth-order valence-electron chi connectivity index (χ4n) is 3.05. The van der Waals surface area contributed by atoms with Crippen molar-refractivity contribution in [3.8, 4) is 5.75 Å². The molecule has 140 valence electrons. The van der Waals surface area contributed by atoms with Gasteiger partial charge in [0.2, 0.25) is 0 Å². The van der Waals surface area contributed by atoms with Crippen LogP contribution in [-0.2, 0) is 11.2 Å². The molecule has 0 aliphatic carbocycles. The largest absolute Gasteiger partial charge is 0.484 e. The van der Waals surface area contributed by atoms with Gasteiger partial charge < -0.3 is 10.1 Å². The van der Waals surface area contributed by atoms with E-state index in [4.69, 9.17) is 4.74 Å². The van der Waals surface area contributed by atoms with Gasteiger partial charge in [0.25, 0.3) is 5.91 Å². The van der Waals surface area contributed by atoms with Crippen LogP contribution < -0.4 is 10.1 Å². The molecule has 0 saturated carbocycles. The molecular formula is C24H27NO2. The Hall–Kier alpha value is -2.81. The lowest BCUT2D eigenvalue weighted by Gasteiger charge is -2.09. The van der Waals surface area contributed by atoms with Gasteiger partial charge in [-0.15, -0.1) is 0 Å². The van der Waals surface area contributed by atoms with Crippen LogP contribution in [0.5, 0.6) is 5.75 Å². The summed E-state index contributed by atoms with van der Waals surface area (Å²) in [5.41, 5.74) is 2.67. The van der Waals surface area contributed by atoms with Crippen LogP contribution in [0.2, 0.25) is 0 Å². The van der Waals surface area contributed by atoms with Crippen LogP contribution in [0.4, 0.5) is 0 Å². The Morgan fingerprint density at radius 2 is 1.70 bits per heavy atom. The second-order valence-electron chi connectivity index (χ2n) is 7.15. The van der Waals surface area contributed by atoms with E-state index in [0.29, 0.717) is 18.2 Å². The number of rotatable bonds is 8.